The molecule has 0 atom stereocenters. The van der Waals surface area contributed by atoms with E-state index in [9.17, 15) is 4.79 Å². The zero-order valence-electron chi connectivity index (χ0n) is 8.09. The molecule has 0 aliphatic carbocycles. The molecule has 7 heteroatoms. The summed E-state index contributed by atoms with van der Waals surface area (Å²) in [7, 11) is 0. The number of aliphatic hydroxyl groups is 1. The summed E-state index contributed by atoms with van der Waals surface area (Å²) in [5.74, 6) is 0.148. The standard InChI is InChI=1S/C8H13NO6/c10-3-6-13-5-2-9(8(11)12)7-1-4-14-15-7/h1,10H,2-6H2,(H,11,12). The summed E-state index contributed by atoms with van der Waals surface area (Å²) in [6.07, 6.45) is 0.375. The van der Waals surface area contributed by atoms with Gasteiger partial charge in [-0.05, 0) is 0 Å². The first-order chi connectivity index (χ1) is 7.25. The molecule has 0 aromatic carbocycles. The summed E-state index contributed by atoms with van der Waals surface area (Å²) < 4.78 is 4.94. The first kappa shape index (κ1) is 11.8. The van der Waals surface area contributed by atoms with Crippen LogP contribution in [-0.2, 0) is 14.5 Å². The molecular weight excluding hydrogens is 206 g/mol. The smallest absolute Gasteiger partial charge is 0.414 e. The van der Waals surface area contributed by atoms with Crippen LogP contribution in [-0.4, -0.2) is 54.2 Å². The van der Waals surface area contributed by atoms with Crippen LogP contribution in [0.1, 0.15) is 0 Å². The molecule has 1 heterocycles. The molecule has 1 amide bonds. The summed E-state index contributed by atoms with van der Waals surface area (Å²) >= 11 is 0. The van der Waals surface area contributed by atoms with Crippen molar-refractivity contribution in [2.24, 2.45) is 0 Å². The Balaban J connectivity index is 2.34. The van der Waals surface area contributed by atoms with Crippen LogP contribution in [0.4, 0.5) is 4.79 Å². The minimum atomic E-state index is -1.14. The van der Waals surface area contributed by atoms with Gasteiger partial charge in [0.15, 0.2) is 0 Å². The number of hydrogen-bond acceptors (Lipinski definition) is 5. The molecule has 0 bridgehead atoms. The van der Waals surface area contributed by atoms with Crippen molar-refractivity contribution in [1.82, 2.24) is 4.90 Å². The van der Waals surface area contributed by atoms with Crippen LogP contribution in [0.15, 0.2) is 12.0 Å². The van der Waals surface area contributed by atoms with Crippen LogP contribution in [0.2, 0.25) is 0 Å². The highest BCUT2D eigenvalue weighted by Crippen LogP contribution is 2.12. The molecule has 0 spiro atoms. The van der Waals surface area contributed by atoms with Crippen LogP contribution in [0.3, 0.4) is 0 Å². The summed E-state index contributed by atoms with van der Waals surface area (Å²) in [5, 5.41) is 17.3. The summed E-state index contributed by atoms with van der Waals surface area (Å²) in [6, 6.07) is 0. The van der Waals surface area contributed by atoms with Gasteiger partial charge in [-0.3, -0.25) is 0 Å². The van der Waals surface area contributed by atoms with Crippen LogP contribution >= 0.6 is 0 Å². The number of hydrogen-bond donors (Lipinski definition) is 2. The van der Waals surface area contributed by atoms with Crippen LogP contribution < -0.4 is 0 Å². The van der Waals surface area contributed by atoms with Crippen molar-refractivity contribution in [1.29, 1.82) is 0 Å². The molecular formula is C8H13NO6. The van der Waals surface area contributed by atoms with E-state index < -0.39 is 6.09 Å². The molecule has 1 aliphatic heterocycles. The number of ether oxygens (including phenoxy) is 1. The summed E-state index contributed by atoms with van der Waals surface area (Å²) in [5.41, 5.74) is 0. The van der Waals surface area contributed by atoms with E-state index in [-0.39, 0.29) is 38.9 Å². The van der Waals surface area contributed by atoms with Gasteiger partial charge in [0.1, 0.15) is 6.61 Å². The minimum absolute atomic E-state index is 0.0879. The van der Waals surface area contributed by atoms with Crippen molar-refractivity contribution in [3.05, 3.63) is 12.0 Å². The molecule has 0 fully saturated rings. The fraction of sp³-hybridized carbons (Fsp3) is 0.625. The highest BCUT2D eigenvalue weighted by Gasteiger charge is 2.21. The molecule has 0 aromatic rings. The molecule has 7 nitrogen and oxygen atoms in total. The van der Waals surface area contributed by atoms with E-state index in [4.69, 9.17) is 14.9 Å². The number of carbonyl (C=O) groups is 1. The predicted octanol–water partition coefficient (Wildman–Crippen LogP) is -0.222. The minimum Gasteiger partial charge on any atom is -0.465 e. The van der Waals surface area contributed by atoms with Gasteiger partial charge >= 0.3 is 6.09 Å². The second-order valence-corrected chi connectivity index (χ2v) is 2.68. The monoisotopic (exact) mass is 219 g/mol. The highest BCUT2D eigenvalue weighted by molar-refractivity contribution is 5.67. The average Bonchev–Trinajstić information content (AvgIpc) is 2.70. The molecule has 0 radical (unpaired) electrons. The van der Waals surface area contributed by atoms with Crippen molar-refractivity contribution in [2.45, 2.75) is 0 Å². The van der Waals surface area contributed by atoms with E-state index in [1.54, 1.807) is 0 Å². The first-order valence-corrected chi connectivity index (χ1v) is 4.44. The lowest BCUT2D eigenvalue weighted by molar-refractivity contribution is -0.247. The van der Waals surface area contributed by atoms with Crippen molar-refractivity contribution in [3.63, 3.8) is 0 Å². The van der Waals surface area contributed by atoms with E-state index >= 15 is 0 Å². The number of nitrogens with zero attached hydrogens (tertiary/aromatic N) is 1. The fourth-order valence-electron chi connectivity index (χ4n) is 1.01. The topological polar surface area (TPSA) is 88.5 Å². The van der Waals surface area contributed by atoms with E-state index in [1.165, 1.54) is 6.08 Å². The molecule has 2 N–H and O–H groups in total. The molecule has 0 saturated heterocycles. The Labute approximate surface area is 86.4 Å². The zero-order chi connectivity index (χ0) is 11.1. The van der Waals surface area contributed by atoms with Crippen molar-refractivity contribution < 1.29 is 29.5 Å². The van der Waals surface area contributed by atoms with Gasteiger partial charge in [0.25, 0.3) is 0 Å². The van der Waals surface area contributed by atoms with Crippen LogP contribution in [0, 0.1) is 0 Å². The Morgan fingerprint density at radius 2 is 2.40 bits per heavy atom. The predicted molar refractivity (Wildman–Crippen MR) is 47.8 cm³/mol. The Hall–Kier alpha value is -1.31. The normalized spacial score (nSPS) is 14.6. The molecule has 0 saturated carbocycles. The lowest BCUT2D eigenvalue weighted by Gasteiger charge is -2.17. The molecule has 0 unspecified atom stereocenters. The average molecular weight is 219 g/mol. The molecule has 0 aromatic heterocycles. The molecule has 15 heavy (non-hydrogen) atoms. The van der Waals surface area contributed by atoms with Crippen molar-refractivity contribution in [2.75, 3.05) is 33.0 Å². The summed E-state index contributed by atoms with van der Waals surface area (Å²) in [6.45, 7) is 0.647. The SMILES string of the molecule is O=C(O)N(CCOCCO)C1=CCOO1. The van der Waals surface area contributed by atoms with E-state index in [1.807, 2.05) is 0 Å². The quantitative estimate of drug-likeness (QED) is 0.474. The fourth-order valence-corrected chi connectivity index (χ4v) is 1.01. The largest absolute Gasteiger partial charge is 0.465 e. The third kappa shape index (κ3) is 3.74. The highest BCUT2D eigenvalue weighted by atomic mass is 17.2. The number of rotatable bonds is 6. The van der Waals surface area contributed by atoms with Gasteiger partial charge in [-0.15, -0.1) is 0 Å². The Morgan fingerprint density at radius 3 is 2.93 bits per heavy atom. The maximum Gasteiger partial charge on any atom is 0.414 e. The van der Waals surface area contributed by atoms with Gasteiger partial charge in [-0.1, -0.05) is 0 Å². The zero-order valence-corrected chi connectivity index (χ0v) is 8.09. The van der Waals surface area contributed by atoms with Crippen LogP contribution in [0.25, 0.3) is 0 Å². The number of amides is 1. The van der Waals surface area contributed by atoms with Gasteiger partial charge in [-0.25, -0.2) is 9.69 Å². The van der Waals surface area contributed by atoms with Crippen LogP contribution in [0.5, 0.6) is 0 Å². The Kier molecular flexibility index (Phi) is 4.88. The summed E-state index contributed by atoms with van der Waals surface area (Å²) in [4.78, 5) is 20.9. The Bertz CT molecular complexity index is 241. The van der Waals surface area contributed by atoms with Gasteiger partial charge in [-0.2, -0.15) is 4.89 Å². The number of aliphatic hydroxyl groups excluding tert-OH is 1. The van der Waals surface area contributed by atoms with E-state index in [2.05, 4.69) is 9.78 Å². The van der Waals surface area contributed by atoms with Gasteiger partial charge in [0, 0.05) is 6.08 Å². The molecule has 1 aliphatic rings. The third-order valence-electron chi connectivity index (χ3n) is 1.66. The van der Waals surface area contributed by atoms with Gasteiger partial charge in [0.05, 0.1) is 26.4 Å². The first-order valence-electron chi connectivity index (χ1n) is 4.44. The van der Waals surface area contributed by atoms with Gasteiger partial charge < -0.3 is 19.8 Å². The van der Waals surface area contributed by atoms with Crippen molar-refractivity contribution >= 4 is 6.09 Å². The van der Waals surface area contributed by atoms with Crippen molar-refractivity contribution in [3.8, 4) is 0 Å². The second-order valence-electron chi connectivity index (χ2n) is 2.68. The molecule has 1 rings (SSSR count). The maximum atomic E-state index is 10.8. The number of carboxylic acid groups (broad SMARTS) is 1. The Morgan fingerprint density at radius 1 is 1.60 bits per heavy atom. The molecule has 86 valence electrons. The second kappa shape index (κ2) is 6.23. The third-order valence-corrected chi connectivity index (χ3v) is 1.66. The lowest BCUT2D eigenvalue weighted by atomic mass is 10.5. The van der Waals surface area contributed by atoms with E-state index in [0.717, 1.165) is 4.90 Å². The lowest BCUT2D eigenvalue weighted by Crippen LogP contribution is -2.32. The van der Waals surface area contributed by atoms with E-state index in [0.29, 0.717) is 0 Å². The maximum absolute atomic E-state index is 10.8. The van der Waals surface area contributed by atoms with Gasteiger partial charge in [0.2, 0.25) is 5.88 Å².